The molecular formula is C27H29FN4O3. The van der Waals surface area contributed by atoms with Gasteiger partial charge in [-0.2, -0.15) is 0 Å². The predicted octanol–water partition coefficient (Wildman–Crippen LogP) is 5.56. The SMILES string of the molecule is COc1cc(F)cc2c1cc(C)n2CCNc1cc(-c2ccc(C(=O)O)c(CC(C)C)c2)ncn1. The zero-order valence-electron chi connectivity index (χ0n) is 20.3. The van der Waals surface area contributed by atoms with Gasteiger partial charge in [-0.05, 0) is 49.1 Å². The smallest absolute Gasteiger partial charge is 0.335 e. The molecule has 8 heteroatoms. The summed E-state index contributed by atoms with van der Waals surface area (Å²) in [5.41, 5.74) is 4.43. The molecule has 0 aliphatic carbocycles. The number of benzene rings is 2. The molecule has 0 saturated carbocycles. The predicted molar refractivity (Wildman–Crippen MR) is 135 cm³/mol. The van der Waals surface area contributed by atoms with Gasteiger partial charge in [0.1, 0.15) is 23.7 Å². The van der Waals surface area contributed by atoms with Crippen molar-refractivity contribution in [1.82, 2.24) is 14.5 Å². The van der Waals surface area contributed by atoms with Crippen molar-refractivity contribution in [2.45, 2.75) is 33.7 Å². The van der Waals surface area contributed by atoms with Crippen LogP contribution in [-0.4, -0.2) is 39.3 Å². The Hall–Kier alpha value is -3.94. The standard InChI is InChI=1S/C27H29FN4O3/c1-16(2)9-19-11-18(5-6-21(19)27(33)34)23-14-26(31-15-30-23)29-7-8-32-17(3)10-22-24(32)12-20(28)13-25(22)35-4/h5-6,10-16H,7-9H2,1-4H3,(H,33,34)(H,29,30,31). The molecule has 2 heterocycles. The topological polar surface area (TPSA) is 89.3 Å². The van der Waals surface area contributed by atoms with E-state index < -0.39 is 5.97 Å². The molecule has 2 aromatic heterocycles. The highest BCUT2D eigenvalue weighted by Gasteiger charge is 2.14. The maximum atomic E-state index is 14.1. The van der Waals surface area contributed by atoms with Crippen LogP contribution in [0, 0.1) is 18.7 Å². The highest BCUT2D eigenvalue weighted by Crippen LogP contribution is 2.30. The van der Waals surface area contributed by atoms with Gasteiger partial charge in [0.2, 0.25) is 0 Å². The monoisotopic (exact) mass is 476 g/mol. The Bertz CT molecular complexity index is 1380. The molecule has 0 aliphatic rings. The zero-order valence-corrected chi connectivity index (χ0v) is 20.3. The van der Waals surface area contributed by atoms with E-state index in [1.165, 1.54) is 25.6 Å². The molecule has 0 bridgehead atoms. The number of carboxylic acids is 1. The lowest BCUT2D eigenvalue weighted by atomic mass is 9.95. The Balaban J connectivity index is 1.53. The van der Waals surface area contributed by atoms with Crippen molar-refractivity contribution in [3.05, 3.63) is 71.4 Å². The molecule has 2 N–H and O–H groups in total. The Morgan fingerprint density at radius 1 is 1.17 bits per heavy atom. The fraction of sp³-hybridized carbons (Fsp3) is 0.296. The van der Waals surface area contributed by atoms with E-state index in [1.54, 1.807) is 12.1 Å². The van der Waals surface area contributed by atoms with Crippen LogP contribution in [-0.2, 0) is 13.0 Å². The summed E-state index contributed by atoms with van der Waals surface area (Å²) >= 11 is 0. The average molecular weight is 477 g/mol. The fourth-order valence-electron chi connectivity index (χ4n) is 4.37. The van der Waals surface area contributed by atoms with Crippen LogP contribution in [0.3, 0.4) is 0 Å². The molecule has 0 radical (unpaired) electrons. The van der Waals surface area contributed by atoms with Crippen molar-refractivity contribution < 1.29 is 19.0 Å². The van der Waals surface area contributed by atoms with Crippen molar-refractivity contribution in [2.24, 2.45) is 5.92 Å². The minimum atomic E-state index is -0.928. The number of aryl methyl sites for hydroxylation is 1. The van der Waals surface area contributed by atoms with Gasteiger partial charge in [0.25, 0.3) is 0 Å². The molecular weight excluding hydrogens is 447 g/mol. The van der Waals surface area contributed by atoms with E-state index in [4.69, 9.17) is 4.74 Å². The Morgan fingerprint density at radius 2 is 1.97 bits per heavy atom. The molecule has 0 amide bonds. The summed E-state index contributed by atoms with van der Waals surface area (Å²) in [6.45, 7) is 7.27. The molecule has 35 heavy (non-hydrogen) atoms. The molecule has 0 fully saturated rings. The lowest BCUT2D eigenvalue weighted by Crippen LogP contribution is -2.12. The largest absolute Gasteiger partial charge is 0.496 e. The van der Waals surface area contributed by atoms with Gasteiger partial charge in [-0.1, -0.05) is 19.9 Å². The van der Waals surface area contributed by atoms with E-state index >= 15 is 0 Å². The van der Waals surface area contributed by atoms with Crippen LogP contribution >= 0.6 is 0 Å². The number of anilines is 1. The summed E-state index contributed by atoms with van der Waals surface area (Å²) in [5, 5.41) is 13.7. The first-order valence-electron chi connectivity index (χ1n) is 11.5. The first-order chi connectivity index (χ1) is 16.8. The van der Waals surface area contributed by atoms with E-state index in [2.05, 4.69) is 29.1 Å². The Labute approximate surface area is 203 Å². The van der Waals surface area contributed by atoms with Gasteiger partial charge in [-0.15, -0.1) is 0 Å². The van der Waals surface area contributed by atoms with Crippen LogP contribution in [0.4, 0.5) is 10.2 Å². The molecule has 0 unspecified atom stereocenters. The van der Waals surface area contributed by atoms with Gasteiger partial charge in [-0.25, -0.2) is 19.2 Å². The number of nitrogens with one attached hydrogen (secondary N) is 1. The van der Waals surface area contributed by atoms with Gasteiger partial charge in [-0.3, -0.25) is 0 Å². The normalized spacial score (nSPS) is 11.3. The number of rotatable bonds is 9. The van der Waals surface area contributed by atoms with Gasteiger partial charge < -0.3 is 19.7 Å². The first-order valence-corrected chi connectivity index (χ1v) is 11.5. The lowest BCUT2D eigenvalue weighted by Gasteiger charge is -2.13. The van der Waals surface area contributed by atoms with Crippen molar-refractivity contribution in [3.63, 3.8) is 0 Å². The summed E-state index contributed by atoms with van der Waals surface area (Å²) in [4.78, 5) is 20.3. The number of nitrogens with zero attached hydrogens (tertiary/aromatic N) is 3. The molecule has 0 saturated heterocycles. The minimum absolute atomic E-state index is 0.317. The van der Waals surface area contributed by atoms with Crippen molar-refractivity contribution in [1.29, 1.82) is 0 Å². The molecule has 4 rings (SSSR count). The first kappa shape index (κ1) is 24.2. The molecule has 7 nitrogen and oxygen atoms in total. The second kappa shape index (κ2) is 10.1. The van der Waals surface area contributed by atoms with Crippen LogP contribution in [0.15, 0.2) is 48.8 Å². The molecule has 182 valence electrons. The third kappa shape index (κ3) is 5.26. The summed E-state index contributed by atoms with van der Waals surface area (Å²) in [6.07, 6.45) is 2.16. The number of aromatic carboxylic acids is 1. The number of hydrogen-bond donors (Lipinski definition) is 2. The summed E-state index contributed by atoms with van der Waals surface area (Å²) in [5.74, 6) is 0.227. The van der Waals surface area contributed by atoms with E-state index in [9.17, 15) is 14.3 Å². The molecule has 4 aromatic rings. The molecule has 2 aromatic carbocycles. The second-order valence-corrected chi connectivity index (χ2v) is 8.97. The minimum Gasteiger partial charge on any atom is -0.496 e. The van der Waals surface area contributed by atoms with Gasteiger partial charge in [0.05, 0.1) is 23.9 Å². The number of fused-ring (bicyclic) bond motifs is 1. The Kier molecular flexibility index (Phi) is 7.00. The second-order valence-electron chi connectivity index (χ2n) is 8.97. The summed E-state index contributed by atoms with van der Waals surface area (Å²) in [7, 11) is 1.54. The Morgan fingerprint density at radius 3 is 2.69 bits per heavy atom. The van der Waals surface area contributed by atoms with Crippen LogP contribution in [0.1, 0.15) is 35.5 Å². The van der Waals surface area contributed by atoms with E-state index in [-0.39, 0.29) is 5.82 Å². The quantitative estimate of drug-likeness (QED) is 0.329. The highest BCUT2D eigenvalue weighted by atomic mass is 19.1. The summed E-state index contributed by atoms with van der Waals surface area (Å²) < 4.78 is 21.5. The van der Waals surface area contributed by atoms with Crippen LogP contribution in [0.5, 0.6) is 5.75 Å². The highest BCUT2D eigenvalue weighted by molar-refractivity contribution is 5.90. The molecule has 0 aliphatic heterocycles. The maximum absolute atomic E-state index is 14.1. The van der Waals surface area contributed by atoms with E-state index in [0.29, 0.717) is 48.3 Å². The maximum Gasteiger partial charge on any atom is 0.335 e. The number of ether oxygens (including phenoxy) is 1. The number of hydrogen-bond acceptors (Lipinski definition) is 5. The third-order valence-corrected chi connectivity index (χ3v) is 5.94. The van der Waals surface area contributed by atoms with Crippen molar-refractivity contribution >= 4 is 22.7 Å². The van der Waals surface area contributed by atoms with E-state index in [0.717, 1.165) is 27.7 Å². The number of carboxylic acid groups (broad SMARTS) is 1. The van der Waals surface area contributed by atoms with Gasteiger partial charge in [0.15, 0.2) is 0 Å². The number of halogens is 1. The number of aromatic nitrogens is 3. The molecule has 0 atom stereocenters. The van der Waals surface area contributed by atoms with Crippen LogP contribution in [0.25, 0.3) is 22.2 Å². The lowest BCUT2D eigenvalue weighted by molar-refractivity contribution is 0.0695. The fourth-order valence-corrected chi connectivity index (χ4v) is 4.37. The van der Waals surface area contributed by atoms with Crippen LogP contribution in [0.2, 0.25) is 0 Å². The third-order valence-electron chi connectivity index (χ3n) is 5.94. The van der Waals surface area contributed by atoms with Crippen molar-refractivity contribution in [2.75, 3.05) is 19.0 Å². The van der Waals surface area contributed by atoms with E-state index in [1.807, 2.05) is 29.7 Å². The number of methoxy groups -OCH3 is 1. The van der Waals surface area contributed by atoms with Crippen LogP contribution < -0.4 is 10.1 Å². The number of carbonyl (C=O) groups is 1. The average Bonchev–Trinajstić information content (AvgIpc) is 3.13. The van der Waals surface area contributed by atoms with Gasteiger partial charge in [0, 0.05) is 41.9 Å². The zero-order chi connectivity index (χ0) is 25.1. The van der Waals surface area contributed by atoms with Crippen molar-refractivity contribution in [3.8, 4) is 17.0 Å². The summed E-state index contributed by atoms with van der Waals surface area (Å²) in [6, 6.07) is 12.1. The van der Waals surface area contributed by atoms with Gasteiger partial charge >= 0.3 is 5.97 Å². The molecule has 0 spiro atoms.